The maximum Gasteiger partial charge on any atom is 0.411 e. The van der Waals surface area contributed by atoms with Gasteiger partial charge < -0.3 is 30.2 Å². The molecule has 2 aromatic carbocycles. The Morgan fingerprint density at radius 2 is 2.02 bits per heavy atom. The highest BCUT2D eigenvalue weighted by Crippen LogP contribution is 2.34. The molecule has 0 fully saturated rings. The summed E-state index contributed by atoms with van der Waals surface area (Å²) < 4.78 is 11.4. The van der Waals surface area contributed by atoms with Gasteiger partial charge in [-0.15, -0.1) is 5.10 Å². The molecule has 4 aromatic rings. The number of hydrogen-bond donors (Lipinski definition) is 5. The van der Waals surface area contributed by atoms with E-state index in [4.69, 9.17) is 21.1 Å². The molecule has 5 N–H and O–H groups in total. The van der Waals surface area contributed by atoms with Gasteiger partial charge in [-0.25, -0.2) is 14.6 Å². The second-order valence-electron chi connectivity index (χ2n) is 10.3. The smallest absolute Gasteiger partial charge is 0.411 e. The summed E-state index contributed by atoms with van der Waals surface area (Å²) in [7, 11) is 1.51. The van der Waals surface area contributed by atoms with E-state index in [9.17, 15) is 19.5 Å². The number of imidazole rings is 1. The van der Waals surface area contributed by atoms with Gasteiger partial charge in [-0.3, -0.25) is 10.1 Å². The van der Waals surface area contributed by atoms with E-state index in [1.807, 2.05) is 0 Å². The zero-order chi connectivity index (χ0) is 32.5. The summed E-state index contributed by atoms with van der Waals surface area (Å²) in [6.45, 7) is 0.956. The number of nitrogens with one attached hydrogen (secondary N) is 4. The van der Waals surface area contributed by atoms with Crippen LogP contribution >= 0.6 is 11.6 Å². The first-order chi connectivity index (χ1) is 22.3. The van der Waals surface area contributed by atoms with Gasteiger partial charge >= 0.3 is 12.1 Å². The van der Waals surface area contributed by atoms with Crippen molar-refractivity contribution in [2.75, 3.05) is 37.5 Å². The maximum absolute atomic E-state index is 13.2. The van der Waals surface area contributed by atoms with Gasteiger partial charge in [-0.2, -0.15) is 4.68 Å². The molecule has 16 heteroatoms. The van der Waals surface area contributed by atoms with Crippen LogP contribution in [0, 0.1) is 0 Å². The van der Waals surface area contributed by atoms with Crippen molar-refractivity contribution in [1.82, 2.24) is 35.5 Å². The van der Waals surface area contributed by atoms with Crippen LogP contribution in [-0.2, 0) is 14.3 Å². The molecule has 0 aliphatic carbocycles. The van der Waals surface area contributed by atoms with Crippen LogP contribution in [0.15, 0.2) is 48.8 Å². The van der Waals surface area contributed by atoms with E-state index in [1.54, 1.807) is 42.5 Å². The van der Waals surface area contributed by atoms with Gasteiger partial charge in [0.05, 0.1) is 18.3 Å². The Kier molecular flexibility index (Phi) is 10.6. The fraction of sp³-hybridized carbons (Fsp3) is 0.300. The number of carboxylic acid groups (broad SMARTS) is 1. The van der Waals surface area contributed by atoms with Crippen molar-refractivity contribution in [2.24, 2.45) is 0 Å². The van der Waals surface area contributed by atoms with Crippen molar-refractivity contribution in [3.05, 3.63) is 70.9 Å². The number of hydrogen-bond acceptors (Lipinski definition) is 10. The van der Waals surface area contributed by atoms with Crippen LogP contribution in [0.25, 0.3) is 23.0 Å². The number of carbonyl (C=O) groups excluding carboxylic acids is 2. The topological polar surface area (TPSA) is 198 Å². The fourth-order valence-corrected chi connectivity index (χ4v) is 5.11. The lowest BCUT2D eigenvalue weighted by Crippen LogP contribution is -2.28. The van der Waals surface area contributed by atoms with E-state index in [1.165, 1.54) is 24.2 Å². The zero-order valence-electron chi connectivity index (χ0n) is 24.8. The van der Waals surface area contributed by atoms with E-state index in [-0.39, 0.29) is 24.6 Å². The molecule has 0 spiro atoms. The lowest BCUT2D eigenvalue weighted by Gasteiger charge is -2.17. The molecule has 0 saturated carbocycles. The Morgan fingerprint density at radius 1 is 1.15 bits per heavy atom. The summed E-state index contributed by atoms with van der Waals surface area (Å²) in [4.78, 5) is 45.3. The minimum atomic E-state index is -1.21. The average Bonchev–Trinajstić information content (AvgIpc) is 3.72. The number of methoxy groups -OCH3 is 1. The number of fused-ring (bicyclic) bond motifs is 4. The highest BCUT2D eigenvalue weighted by molar-refractivity contribution is 6.30. The van der Waals surface area contributed by atoms with E-state index >= 15 is 0 Å². The first kappa shape index (κ1) is 32.1. The predicted molar refractivity (Wildman–Crippen MR) is 169 cm³/mol. The Morgan fingerprint density at radius 3 is 2.80 bits per heavy atom. The van der Waals surface area contributed by atoms with Crippen molar-refractivity contribution < 1.29 is 29.0 Å². The average molecular weight is 650 g/mol. The second-order valence-corrected chi connectivity index (χ2v) is 10.7. The molecule has 2 amide bonds. The van der Waals surface area contributed by atoms with Crippen LogP contribution in [0.2, 0.25) is 5.02 Å². The monoisotopic (exact) mass is 649 g/mol. The summed E-state index contributed by atoms with van der Waals surface area (Å²) in [6.07, 6.45) is 6.68. The van der Waals surface area contributed by atoms with Gasteiger partial charge in [0.25, 0.3) is 0 Å². The van der Waals surface area contributed by atoms with Crippen LogP contribution in [-0.4, -0.2) is 80.1 Å². The Hall–Kier alpha value is -5.28. The Labute approximate surface area is 268 Å². The third kappa shape index (κ3) is 8.05. The normalized spacial score (nSPS) is 14.8. The lowest BCUT2D eigenvalue weighted by molar-refractivity contribution is -0.117. The van der Waals surface area contributed by atoms with Crippen LogP contribution in [0.1, 0.15) is 53.6 Å². The number of nitrogens with zero attached hydrogens (tertiary/aromatic N) is 5. The second kappa shape index (κ2) is 15.1. The number of amides is 2. The summed E-state index contributed by atoms with van der Waals surface area (Å²) in [5.41, 5.74) is 2.85. The molecule has 240 valence electrons. The third-order valence-corrected chi connectivity index (χ3v) is 7.34. The van der Waals surface area contributed by atoms with Crippen molar-refractivity contribution >= 4 is 47.0 Å². The summed E-state index contributed by atoms with van der Waals surface area (Å²) in [5.74, 6) is -1.31. The van der Waals surface area contributed by atoms with E-state index in [2.05, 4.69) is 41.4 Å². The zero-order valence-corrected chi connectivity index (χ0v) is 25.6. The highest BCUT2D eigenvalue weighted by atomic mass is 35.5. The first-order valence-corrected chi connectivity index (χ1v) is 14.9. The van der Waals surface area contributed by atoms with Gasteiger partial charge in [-0.05, 0) is 65.7 Å². The highest BCUT2D eigenvalue weighted by Gasteiger charge is 2.26. The van der Waals surface area contributed by atoms with E-state index < -0.39 is 24.0 Å². The van der Waals surface area contributed by atoms with E-state index in [0.717, 1.165) is 19.3 Å². The van der Waals surface area contributed by atoms with E-state index in [0.29, 0.717) is 52.0 Å². The van der Waals surface area contributed by atoms with Crippen molar-refractivity contribution in [3.63, 3.8) is 0 Å². The molecule has 0 saturated heterocycles. The summed E-state index contributed by atoms with van der Waals surface area (Å²) in [5, 5.41) is 30.8. The quantitative estimate of drug-likeness (QED) is 0.127. The molecule has 1 aliphatic rings. The van der Waals surface area contributed by atoms with Crippen LogP contribution in [0.4, 0.5) is 16.2 Å². The molecule has 0 radical (unpaired) electrons. The van der Waals surface area contributed by atoms with Crippen molar-refractivity contribution in [2.45, 2.75) is 31.7 Å². The standard InChI is InChI=1S/C30H32ClN9O6/c1-45-13-14-46-30(44)34-20-8-9-21-23(16-20)32-12-4-2-3-5-22(28-36-26(21)27(37-28)29(42)43)35-25(41)11-6-18-15-19(31)7-10-24(18)40-17-33-38-39-40/h6-11,15-17,22,32H,2-5,12-14H2,1H3,(H,34,44)(H,35,41)(H,36,37)(H,42,43)/t22-/m0/s1. The minimum absolute atomic E-state index is 0.0966. The number of tetrazole rings is 1. The molecule has 2 aromatic heterocycles. The number of aromatic nitrogens is 6. The molecule has 3 heterocycles. The van der Waals surface area contributed by atoms with Gasteiger partial charge in [0.15, 0.2) is 5.69 Å². The molecule has 0 unspecified atom stereocenters. The number of ether oxygens (including phenoxy) is 2. The SMILES string of the molecule is COCCOC(=O)Nc1ccc2c(c1)NCCCCC[C@H](NC(=O)C=Cc1cc(Cl)ccc1-n1cnnn1)c1nc-2c(C(=O)O)[nH]1. The molecular formula is C30H32ClN9O6. The number of carboxylic acids is 1. The number of aromatic amines is 1. The van der Waals surface area contributed by atoms with Gasteiger partial charge in [0.2, 0.25) is 5.91 Å². The predicted octanol–water partition coefficient (Wildman–Crippen LogP) is 4.46. The van der Waals surface area contributed by atoms with Crippen molar-refractivity contribution in [1.29, 1.82) is 0 Å². The number of halogens is 1. The molecule has 5 rings (SSSR count). The minimum Gasteiger partial charge on any atom is -0.477 e. The van der Waals surface area contributed by atoms with Gasteiger partial charge in [0.1, 0.15) is 24.5 Å². The lowest BCUT2D eigenvalue weighted by atomic mass is 10.0. The number of aromatic carboxylic acids is 1. The number of anilines is 2. The maximum atomic E-state index is 13.2. The first-order valence-electron chi connectivity index (χ1n) is 14.5. The van der Waals surface area contributed by atoms with Crippen molar-refractivity contribution in [3.8, 4) is 16.9 Å². The number of benzene rings is 2. The Bertz CT molecular complexity index is 1720. The van der Waals surface area contributed by atoms with Crippen LogP contribution in [0.3, 0.4) is 0 Å². The largest absolute Gasteiger partial charge is 0.477 e. The van der Waals surface area contributed by atoms with Gasteiger partial charge in [-0.1, -0.05) is 24.4 Å². The van der Waals surface area contributed by atoms with Crippen LogP contribution < -0.4 is 16.0 Å². The van der Waals surface area contributed by atoms with Crippen LogP contribution in [0.5, 0.6) is 0 Å². The summed E-state index contributed by atoms with van der Waals surface area (Å²) >= 11 is 6.20. The fourth-order valence-electron chi connectivity index (χ4n) is 4.93. The molecule has 1 aliphatic heterocycles. The molecule has 46 heavy (non-hydrogen) atoms. The molecule has 2 bridgehead atoms. The number of carbonyl (C=O) groups is 3. The Balaban J connectivity index is 1.41. The molecular weight excluding hydrogens is 618 g/mol. The third-order valence-electron chi connectivity index (χ3n) is 7.11. The summed E-state index contributed by atoms with van der Waals surface area (Å²) in [6, 6.07) is 9.53. The molecule has 15 nitrogen and oxygen atoms in total. The molecule has 1 atom stereocenters. The van der Waals surface area contributed by atoms with Gasteiger partial charge in [0, 0.05) is 47.3 Å². The number of H-pyrrole nitrogens is 1. The number of rotatable bonds is 9.